The first-order chi connectivity index (χ1) is 14.4. The van der Waals surface area contributed by atoms with Crippen molar-refractivity contribution in [2.75, 3.05) is 25.4 Å². The average Bonchev–Trinajstić information content (AvgIpc) is 2.72. The highest BCUT2D eigenvalue weighted by molar-refractivity contribution is 7.89. The molecule has 0 unspecified atom stereocenters. The summed E-state index contributed by atoms with van der Waals surface area (Å²) in [5.41, 5.74) is 4.80. The molecule has 1 N–H and O–H groups in total. The second-order valence-electron chi connectivity index (χ2n) is 7.89. The van der Waals surface area contributed by atoms with Gasteiger partial charge in [0.2, 0.25) is 10.0 Å². The molecule has 2 aromatic rings. The van der Waals surface area contributed by atoms with Crippen molar-refractivity contribution in [3.05, 3.63) is 64.2 Å². The van der Waals surface area contributed by atoms with Crippen LogP contribution in [0.2, 0.25) is 5.02 Å². The highest BCUT2D eigenvalue weighted by Crippen LogP contribution is 2.48. The molecule has 0 bridgehead atoms. The molecular formula is C23H27ClN2O3S. The molecule has 160 valence electrons. The quantitative estimate of drug-likeness (QED) is 0.620. The minimum atomic E-state index is -3.20. The van der Waals surface area contributed by atoms with E-state index in [1.54, 1.807) is 6.92 Å². The van der Waals surface area contributed by atoms with Gasteiger partial charge in [-0.25, -0.2) is 13.1 Å². The van der Waals surface area contributed by atoms with E-state index < -0.39 is 10.0 Å². The van der Waals surface area contributed by atoms with Crippen LogP contribution < -0.4 is 9.46 Å². The van der Waals surface area contributed by atoms with E-state index in [0.29, 0.717) is 0 Å². The Morgan fingerprint density at radius 1 is 1.17 bits per heavy atom. The third-order valence-electron chi connectivity index (χ3n) is 6.12. The van der Waals surface area contributed by atoms with Gasteiger partial charge < -0.3 is 4.74 Å². The maximum absolute atomic E-state index is 11.6. The molecule has 0 spiro atoms. The SMILES string of the molecule is CCS(=O)(=O)NCCOc1ccc2c(c1)C(C1(c3ccc(Cl)cc3)CCC1)=NCC2. The number of aliphatic imine (C=N–C) groups is 1. The highest BCUT2D eigenvalue weighted by atomic mass is 35.5. The summed E-state index contributed by atoms with van der Waals surface area (Å²) in [4.78, 5) is 4.98. The number of hydrogen-bond acceptors (Lipinski definition) is 4. The molecule has 30 heavy (non-hydrogen) atoms. The van der Waals surface area contributed by atoms with E-state index in [1.165, 1.54) is 17.5 Å². The fourth-order valence-corrected chi connectivity index (χ4v) is 5.02. The lowest BCUT2D eigenvalue weighted by Crippen LogP contribution is -2.44. The lowest BCUT2D eigenvalue weighted by atomic mass is 9.59. The number of fused-ring (bicyclic) bond motifs is 1. The first kappa shape index (κ1) is 21.3. The summed E-state index contributed by atoms with van der Waals surface area (Å²) in [7, 11) is -3.20. The number of benzene rings is 2. The Bertz CT molecular complexity index is 1040. The van der Waals surface area contributed by atoms with Crippen molar-refractivity contribution in [1.29, 1.82) is 0 Å². The van der Waals surface area contributed by atoms with Gasteiger partial charge in [0, 0.05) is 29.1 Å². The molecule has 2 aliphatic rings. The molecule has 7 heteroatoms. The molecule has 1 aliphatic carbocycles. The zero-order valence-corrected chi connectivity index (χ0v) is 18.7. The van der Waals surface area contributed by atoms with Gasteiger partial charge in [0.1, 0.15) is 12.4 Å². The number of nitrogens with one attached hydrogen (secondary N) is 1. The largest absolute Gasteiger partial charge is 0.492 e. The van der Waals surface area contributed by atoms with Crippen LogP contribution in [0.1, 0.15) is 42.9 Å². The molecule has 0 amide bonds. The van der Waals surface area contributed by atoms with Gasteiger partial charge in [0.25, 0.3) is 0 Å². The molecule has 0 radical (unpaired) electrons. The number of rotatable bonds is 8. The summed E-state index contributed by atoms with van der Waals surface area (Å²) in [6.07, 6.45) is 4.27. The molecule has 1 heterocycles. The number of ether oxygens (including phenoxy) is 1. The standard InChI is InChI=1S/C23H27ClN2O3S/c1-2-30(27,28)26-14-15-29-20-9-4-17-10-13-25-22(21(17)16-20)23(11-3-12-23)18-5-7-19(24)8-6-18/h4-9,16,26H,2-3,10-15H2,1H3. The molecule has 2 aromatic carbocycles. The van der Waals surface area contributed by atoms with Crippen LogP contribution in [0.4, 0.5) is 0 Å². The summed E-state index contributed by atoms with van der Waals surface area (Å²) >= 11 is 6.12. The minimum Gasteiger partial charge on any atom is -0.492 e. The van der Waals surface area contributed by atoms with Crippen LogP contribution in [0.5, 0.6) is 5.75 Å². The van der Waals surface area contributed by atoms with E-state index in [4.69, 9.17) is 21.3 Å². The van der Waals surface area contributed by atoms with Crippen LogP contribution in [0.25, 0.3) is 0 Å². The van der Waals surface area contributed by atoms with Gasteiger partial charge in [-0.2, -0.15) is 0 Å². The van der Waals surface area contributed by atoms with Crippen LogP contribution in [0, 0.1) is 0 Å². The number of nitrogens with zero attached hydrogens (tertiary/aromatic N) is 1. The molecule has 0 atom stereocenters. The maximum atomic E-state index is 11.6. The smallest absolute Gasteiger partial charge is 0.211 e. The molecule has 5 nitrogen and oxygen atoms in total. The van der Waals surface area contributed by atoms with E-state index in [2.05, 4.69) is 29.0 Å². The van der Waals surface area contributed by atoms with Gasteiger partial charge in [-0.1, -0.05) is 36.2 Å². The van der Waals surface area contributed by atoms with Crippen molar-refractivity contribution in [2.45, 2.75) is 38.0 Å². The van der Waals surface area contributed by atoms with Gasteiger partial charge in [-0.3, -0.25) is 4.99 Å². The molecule has 1 saturated carbocycles. The number of halogens is 1. The lowest BCUT2D eigenvalue weighted by Gasteiger charge is -2.45. The number of hydrogen-bond donors (Lipinski definition) is 1. The zero-order chi connectivity index (χ0) is 21.2. The predicted octanol–water partition coefficient (Wildman–Crippen LogP) is 4.13. The first-order valence-corrected chi connectivity index (χ1v) is 12.5. The molecular weight excluding hydrogens is 420 g/mol. The van der Waals surface area contributed by atoms with Crippen molar-refractivity contribution in [1.82, 2.24) is 4.72 Å². The highest BCUT2D eigenvalue weighted by Gasteiger charge is 2.45. The molecule has 1 fully saturated rings. The van der Waals surface area contributed by atoms with Gasteiger partial charge in [-0.05, 0) is 61.6 Å². The van der Waals surface area contributed by atoms with E-state index >= 15 is 0 Å². The Kier molecular flexibility index (Phi) is 6.19. The summed E-state index contributed by atoms with van der Waals surface area (Å²) in [5, 5.41) is 0.744. The third kappa shape index (κ3) is 4.27. The predicted molar refractivity (Wildman–Crippen MR) is 121 cm³/mol. The van der Waals surface area contributed by atoms with Crippen LogP contribution in [-0.4, -0.2) is 39.6 Å². The van der Waals surface area contributed by atoms with Crippen LogP contribution in [-0.2, 0) is 21.9 Å². The van der Waals surface area contributed by atoms with Gasteiger partial charge in [-0.15, -0.1) is 0 Å². The molecule has 4 rings (SSSR count). The maximum Gasteiger partial charge on any atom is 0.211 e. The van der Waals surface area contributed by atoms with Gasteiger partial charge >= 0.3 is 0 Å². The Morgan fingerprint density at radius 2 is 1.93 bits per heavy atom. The fraction of sp³-hybridized carbons (Fsp3) is 0.435. The van der Waals surface area contributed by atoms with Crippen LogP contribution >= 0.6 is 11.6 Å². The minimum absolute atomic E-state index is 0.0604. The topological polar surface area (TPSA) is 67.8 Å². The van der Waals surface area contributed by atoms with E-state index in [-0.39, 0.29) is 24.3 Å². The van der Waals surface area contributed by atoms with Crippen molar-refractivity contribution < 1.29 is 13.2 Å². The van der Waals surface area contributed by atoms with Crippen molar-refractivity contribution in [3.63, 3.8) is 0 Å². The van der Waals surface area contributed by atoms with Crippen molar-refractivity contribution in [2.24, 2.45) is 4.99 Å². The second kappa shape index (κ2) is 8.69. The normalized spacial score (nSPS) is 17.6. The summed E-state index contributed by atoms with van der Waals surface area (Å²) in [6.45, 7) is 2.96. The van der Waals surface area contributed by atoms with Crippen molar-refractivity contribution in [3.8, 4) is 5.75 Å². The molecule has 0 saturated heterocycles. The van der Waals surface area contributed by atoms with E-state index in [1.807, 2.05) is 18.2 Å². The monoisotopic (exact) mass is 446 g/mol. The summed E-state index contributed by atoms with van der Waals surface area (Å²) in [5.74, 6) is 0.808. The summed E-state index contributed by atoms with van der Waals surface area (Å²) < 4.78 is 31.5. The Balaban J connectivity index is 1.56. The Labute approximate surface area is 183 Å². The van der Waals surface area contributed by atoms with E-state index in [9.17, 15) is 8.42 Å². The fourth-order valence-electron chi connectivity index (χ4n) is 4.30. The van der Waals surface area contributed by atoms with Crippen molar-refractivity contribution >= 4 is 27.3 Å². The average molecular weight is 447 g/mol. The Morgan fingerprint density at radius 3 is 2.60 bits per heavy atom. The van der Waals surface area contributed by atoms with Crippen LogP contribution in [0.3, 0.4) is 0 Å². The first-order valence-electron chi connectivity index (χ1n) is 10.5. The lowest BCUT2D eigenvalue weighted by molar-refractivity contribution is 0.322. The third-order valence-corrected chi connectivity index (χ3v) is 7.77. The zero-order valence-electron chi connectivity index (χ0n) is 17.2. The molecule has 1 aliphatic heterocycles. The summed E-state index contributed by atoms with van der Waals surface area (Å²) in [6, 6.07) is 14.3. The number of sulfonamides is 1. The van der Waals surface area contributed by atoms with E-state index in [0.717, 1.165) is 47.9 Å². The van der Waals surface area contributed by atoms with Crippen LogP contribution in [0.15, 0.2) is 47.5 Å². The Hall–Kier alpha value is -1.89. The van der Waals surface area contributed by atoms with Gasteiger partial charge in [0.05, 0.1) is 11.5 Å². The van der Waals surface area contributed by atoms with Gasteiger partial charge in [0.15, 0.2) is 0 Å². The second-order valence-corrected chi connectivity index (χ2v) is 10.4. The molecule has 0 aromatic heterocycles.